The first-order chi connectivity index (χ1) is 9.52. The molecule has 1 amide bonds. The maximum absolute atomic E-state index is 11.8. The summed E-state index contributed by atoms with van der Waals surface area (Å²) < 4.78 is 9.28. The van der Waals surface area contributed by atoms with E-state index in [9.17, 15) is 14.9 Å². The second-order valence-electron chi connectivity index (χ2n) is 3.59. The number of nitrogens with one attached hydrogen (secondary N) is 1. The zero-order valence-corrected chi connectivity index (χ0v) is 10.2. The number of amides is 1. The maximum Gasteiger partial charge on any atom is 0.281 e. The van der Waals surface area contributed by atoms with Gasteiger partial charge in [-0.1, -0.05) is 0 Å². The molecule has 0 aliphatic carbocycles. The number of rotatable bonds is 4. The summed E-state index contributed by atoms with van der Waals surface area (Å²) in [4.78, 5) is 21.9. The van der Waals surface area contributed by atoms with Gasteiger partial charge in [0.2, 0.25) is 11.5 Å². The molecule has 0 aliphatic heterocycles. The molecule has 1 aromatic heterocycles. The van der Waals surface area contributed by atoms with Crippen LogP contribution in [0, 0.1) is 10.1 Å². The van der Waals surface area contributed by atoms with Crippen molar-refractivity contribution in [1.29, 1.82) is 0 Å². The summed E-state index contributed by atoms with van der Waals surface area (Å²) in [7, 11) is 1.32. The Morgan fingerprint density at radius 1 is 1.50 bits per heavy atom. The number of methoxy groups -OCH3 is 1. The summed E-state index contributed by atoms with van der Waals surface area (Å²) in [6.45, 7) is 0. The number of carbonyl (C=O) groups is 1. The van der Waals surface area contributed by atoms with E-state index in [2.05, 4.69) is 20.3 Å². The molecule has 20 heavy (non-hydrogen) atoms. The molecule has 2 aromatic rings. The summed E-state index contributed by atoms with van der Waals surface area (Å²) in [6, 6.07) is 3.74. The molecular weight excluding hydrogens is 270 g/mol. The second-order valence-corrected chi connectivity index (χ2v) is 3.59. The Morgan fingerprint density at radius 2 is 2.25 bits per heavy atom. The van der Waals surface area contributed by atoms with E-state index in [1.807, 2.05) is 0 Å². The second kappa shape index (κ2) is 5.22. The molecular formula is C10H9N5O5. The Kier molecular flexibility index (Phi) is 3.46. The molecule has 0 atom stereocenters. The third kappa shape index (κ3) is 2.48. The number of non-ortho nitro benzene ring substituents is 1. The quantitative estimate of drug-likeness (QED) is 0.617. The fraction of sp³-hybridized carbons (Fsp3) is 0.100. The average Bonchev–Trinajstić information content (AvgIpc) is 2.85. The first kappa shape index (κ1) is 13.3. The summed E-state index contributed by atoms with van der Waals surface area (Å²) in [5.41, 5.74) is 5.25. The van der Waals surface area contributed by atoms with Crippen LogP contribution in [-0.4, -0.2) is 28.3 Å². The van der Waals surface area contributed by atoms with Crippen molar-refractivity contribution in [3.05, 3.63) is 34.0 Å². The maximum atomic E-state index is 11.8. The number of nitrogen functional groups attached to an aromatic ring is 1. The van der Waals surface area contributed by atoms with Gasteiger partial charge in [0.1, 0.15) is 5.75 Å². The highest BCUT2D eigenvalue weighted by Gasteiger charge is 2.19. The number of aromatic nitrogens is 2. The number of ether oxygens (including phenoxy) is 1. The first-order valence-electron chi connectivity index (χ1n) is 5.24. The molecule has 0 aliphatic rings. The molecule has 2 rings (SSSR count). The van der Waals surface area contributed by atoms with Crippen LogP contribution in [0.5, 0.6) is 5.75 Å². The van der Waals surface area contributed by atoms with Crippen molar-refractivity contribution in [2.45, 2.75) is 0 Å². The standard InChI is InChI=1S/C10H9N5O5/c1-19-7-4-5(15(17)18)2-3-6(7)12-10(16)8-9(11)14-20-13-8/h2-4H,1H3,(H2,11,14)(H,12,16). The van der Waals surface area contributed by atoms with E-state index < -0.39 is 10.8 Å². The zero-order chi connectivity index (χ0) is 14.7. The molecule has 0 saturated carbocycles. The molecule has 1 heterocycles. The highest BCUT2D eigenvalue weighted by atomic mass is 16.6. The van der Waals surface area contributed by atoms with Crippen LogP contribution in [0.25, 0.3) is 0 Å². The minimum absolute atomic E-state index is 0.127. The van der Waals surface area contributed by atoms with E-state index in [4.69, 9.17) is 10.5 Å². The average molecular weight is 279 g/mol. The summed E-state index contributed by atoms with van der Waals surface area (Å²) in [6.07, 6.45) is 0. The Balaban J connectivity index is 2.27. The molecule has 10 nitrogen and oxygen atoms in total. The molecule has 10 heteroatoms. The van der Waals surface area contributed by atoms with Gasteiger partial charge < -0.3 is 15.8 Å². The minimum atomic E-state index is -0.670. The molecule has 0 fully saturated rings. The summed E-state index contributed by atoms with van der Waals surface area (Å²) >= 11 is 0. The van der Waals surface area contributed by atoms with Crippen molar-refractivity contribution in [2.75, 3.05) is 18.2 Å². The fourth-order valence-electron chi connectivity index (χ4n) is 1.43. The molecule has 1 aromatic carbocycles. The van der Waals surface area contributed by atoms with Crippen LogP contribution >= 0.6 is 0 Å². The van der Waals surface area contributed by atoms with Crippen molar-refractivity contribution in [3.63, 3.8) is 0 Å². The molecule has 0 bridgehead atoms. The smallest absolute Gasteiger partial charge is 0.281 e. The predicted octanol–water partition coefficient (Wildman–Crippen LogP) is 0.821. The van der Waals surface area contributed by atoms with E-state index in [0.29, 0.717) is 0 Å². The lowest BCUT2D eigenvalue weighted by atomic mass is 10.2. The largest absolute Gasteiger partial charge is 0.494 e. The molecule has 0 radical (unpaired) electrons. The van der Waals surface area contributed by atoms with Gasteiger partial charge in [-0.15, -0.1) is 0 Å². The Morgan fingerprint density at radius 3 is 2.80 bits per heavy atom. The lowest BCUT2D eigenvalue weighted by Crippen LogP contribution is -2.15. The normalized spacial score (nSPS) is 10.1. The molecule has 104 valence electrons. The van der Waals surface area contributed by atoms with E-state index in [-0.39, 0.29) is 28.6 Å². The minimum Gasteiger partial charge on any atom is -0.494 e. The first-order valence-corrected chi connectivity index (χ1v) is 5.24. The van der Waals surface area contributed by atoms with Crippen molar-refractivity contribution >= 4 is 23.1 Å². The monoisotopic (exact) mass is 279 g/mol. The van der Waals surface area contributed by atoms with Gasteiger partial charge in [0, 0.05) is 6.07 Å². The van der Waals surface area contributed by atoms with Crippen LogP contribution < -0.4 is 15.8 Å². The molecule has 0 saturated heterocycles. The Bertz CT molecular complexity index is 668. The molecule has 0 spiro atoms. The number of nitro groups is 1. The van der Waals surface area contributed by atoms with Crippen LogP contribution in [0.2, 0.25) is 0 Å². The van der Waals surface area contributed by atoms with E-state index in [0.717, 1.165) is 0 Å². The SMILES string of the molecule is COc1cc([N+](=O)[O-])ccc1NC(=O)c1nonc1N. The lowest BCUT2D eigenvalue weighted by molar-refractivity contribution is -0.384. The van der Waals surface area contributed by atoms with Crippen LogP contribution in [0.15, 0.2) is 22.8 Å². The third-order valence-electron chi connectivity index (χ3n) is 2.37. The van der Waals surface area contributed by atoms with Gasteiger partial charge in [-0.05, 0) is 16.4 Å². The Labute approximate surface area is 111 Å². The van der Waals surface area contributed by atoms with Crippen molar-refractivity contribution in [2.24, 2.45) is 0 Å². The van der Waals surface area contributed by atoms with Crippen molar-refractivity contribution in [3.8, 4) is 5.75 Å². The van der Waals surface area contributed by atoms with Gasteiger partial charge >= 0.3 is 0 Å². The number of nitro benzene ring substituents is 1. The van der Waals surface area contributed by atoms with E-state index in [1.165, 1.54) is 25.3 Å². The van der Waals surface area contributed by atoms with Gasteiger partial charge in [0.25, 0.3) is 11.6 Å². The number of hydrogen-bond donors (Lipinski definition) is 2. The Hall–Kier alpha value is -3.17. The van der Waals surface area contributed by atoms with Gasteiger partial charge in [-0.2, -0.15) is 0 Å². The lowest BCUT2D eigenvalue weighted by Gasteiger charge is -2.08. The number of benzene rings is 1. The van der Waals surface area contributed by atoms with Crippen LogP contribution in [0.4, 0.5) is 17.2 Å². The molecule has 3 N–H and O–H groups in total. The van der Waals surface area contributed by atoms with Gasteiger partial charge in [0.05, 0.1) is 23.8 Å². The van der Waals surface area contributed by atoms with Crippen LogP contribution in [-0.2, 0) is 0 Å². The number of nitrogens with zero attached hydrogens (tertiary/aromatic N) is 3. The van der Waals surface area contributed by atoms with Gasteiger partial charge in [-0.25, -0.2) is 4.63 Å². The number of hydrogen-bond acceptors (Lipinski definition) is 8. The van der Waals surface area contributed by atoms with Crippen molar-refractivity contribution < 1.29 is 19.1 Å². The highest BCUT2D eigenvalue weighted by molar-refractivity contribution is 6.06. The van der Waals surface area contributed by atoms with E-state index >= 15 is 0 Å². The number of nitrogens with two attached hydrogens (primary N) is 1. The van der Waals surface area contributed by atoms with Gasteiger partial charge in [-0.3, -0.25) is 14.9 Å². The fourth-order valence-corrected chi connectivity index (χ4v) is 1.43. The summed E-state index contributed by atoms with van der Waals surface area (Å²) in [5, 5.41) is 19.7. The van der Waals surface area contributed by atoms with Crippen LogP contribution in [0.3, 0.4) is 0 Å². The third-order valence-corrected chi connectivity index (χ3v) is 2.37. The predicted molar refractivity (Wildman–Crippen MR) is 66.3 cm³/mol. The topological polar surface area (TPSA) is 146 Å². The van der Waals surface area contributed by atoms with Crippen LogP contribution in [0.1, 0.15) is 10.5 Å². The zero-order valence-electron chi connectivity index (χ0n) is 10.2. The van der Waals surface area contributed by atoms with Crippen molar-refractivity contribution in [1.82, 2.24) is 10.3 Å². The summed E-state index contributed by atoms with van der Waals surface area (Å²) in [5.74, 6) is -0.707. The van der Waals surface area contributed by atoms with Gasteiger partial charge in [0.15, 0.2) is 0 Å². The number of anilines is 2. The highest BCUT2D eigenvalue weighted by Crippen LogP contribution is 2.29. The van der Waals surface area contributed by atoms with E-state index in [1.54, 1.807) is 0 Å². The molecule has 0 unspecified atom stereocenters. The number of carbonyl (C=O) groups excluding carboxylic acids is 1.